The Hall–Kier alpha value is -2.10. The van der Waals surface area contributed by atoms with Crippen molar-refractivity contribution in [3.05, 3.63) is 70.1 Å². The summed E-state index contributed by atoms with van der Waals surface area (Å²) >= 11 is 8.80. The molecule has 0 saturated carbocycles. The third-order valence-corrected chi connectivity index (χ3v) is 4.32. The van der Waals surface area contributed by atoms with Gasteiger partial charge in [-0.15, -0.1) is 0 Å². The van der Waals surface area contributed by atoms with Gasteiger partial charge < -0.3 is 10.8 Å². The smallest absolute Gasteiger partial charge is 0.388 e. The number of aromatic nitrogens is 2. The van der Waals surface area contributed by atoms with E-state index in [0.29, 0.717) is 10.0 Å². The van der Waals surface area contributed by atoms with Crippen LogP contribution >= 0.6 is 27.5 Å². The summed E-state index contributed by atoms with van der Waals surface area (Å²) in [6.07, 6.45) is 0.137. The SMILES string of the molecule is C=C/C(Br)=C\N=C(N)CC(O)c1cnn(-c2ccc(Cl)c(C(F)(F)F)c2)c1. The Labute approximate surface area is 166 Å². The molecule has 1 heterocycles. The maximum atomic E-state index is 13.0. The van der Waals surface area contributed by atoms with Crippen LogP contribution in [0.25, 0.3) is 5.69 Å². The lowest BCUT2D eigenvalue weighted by molar-refractivity contribution is -0.137. The number of alkyl halides is 3. The molecule has 0 fully saturated rings. The van der Waals surface area contributed by atoms with Crippen LogP contribution in [0.5, 0.6) is 0 Å². The van der Waals surface area contributed by atoms with Gasteiger partial charge in [-0.05, 0) is 34.1 Å². The number of aliphatic hydroxyl groups excluding tert-OH is 1. The number of allylic oxidation sites excluding steroid dienone is 2. The average molecular weight is 464 g/mol. The number of benzene rings is 1. The van der Waals surface area contributed by atoms with Crippen LogP contribution in [0.15, 0.2) is 58.9 Å². The second-order valence-electron chi connectivity index (χ2n) is 5.44. The first-order valence-electron chi connectivity index (χ1n) is 7.52. The maximum absolute atomic E-state index is 13.0. The minimum atomic E-state index is -4.58. The fraction of sp³-hybridized carbons (Fsp3) is 0.176. The van der Waals surface area contributed by atoms with Crippen LogP contribution in [-0.4, -0.2) is 20.7 Å². The first-order valence-corrected chi connectivity index (χ1v) is 8.69. The molecule has 5 nitrogen and oxygen atoms in total. The minimum Gasteiger partial charge on any atom is -0.388 e. The van der Waals surface area contributed by atoms with Crippen molar-refractivity contribution in [2.24, 2.45) is 10.7 Å². The molecule has 0 aliphatic rings. The molecule has 27 heavy (non-hydrogen) atoms. The van der Waals surface area contributed by atoms with Gasteiger partial charge in [0.25, 0.3) is 0 Å². The number of aliphatic imine (C=N–C) groups is 1. The molecule has 0 amide bonds. The van der Waals surface area contributed by atoms with Crippen molar-refractivity contribution < 1.29 is 18.3 Å². The fourth-order valence-electron chi connectivity index (χ4n) is 2.09. The predicted octanol–water partition coefficient (Wildman–Crippen LogP) is 4.75. The Morgan fingerprint density at radius 3 is 2.81 bits per heavy atom. The van der Waals surface area contributed by atoms with Gasteiger partial charge >= 0.3 is 6.18 Å². The van der Waals surface area contributed by atoms with Gasteiger partial charge in [-0.1, -0.05) is 24.3 Å². The highest BCUT2D eigenvalue weighted by atomic mass is 79.9. The largest absolute Gasteiger partial charge is 0.417 e. The minimum absolute atomic E-state index is 0.0219. The highest BCUT2D eigenvalue weighted by molar-refractivity contribution is 9.11. The van der Waals surface area contributed by atoms with Gasteiger partial charge in [-0.2, -0.15) is 18.3 Å². The van der Waals surface area contributed by atoms with Crippen molar-refractivity contribution >= 4 is 33.4 Å². The Morgan fingerprint density at radius 1 is 1.48 bits per heavy atom. The second-order valence-corrected chi connectivity index (χ2v) is 6.76. The quantitative estimate of drug-likeness (QED) is 0.369. The first-order chi connectivity index (χ1) is 12.6. The standard InChI is InChI=1S/C17H15BrClF3N4O/c1-2-11(18)8-24-16(23)6-15(27)10-7-25-26(9-10)12-3-4-14(19)13(5-12)17(20,21)22/h2-5,7-9,15,27H,1,6H2,(H2,23,24)/b11-8+. The van der Waals surface area contributed by atoms with Gasteiger partial charge in [0.2, 0.25) is 0 Å². The zero-order chi connectivity index (χ0) is 20.2. The van der Waals surface area contributed by atoms with Gasteiger partial charge in [-0.3, -0.25) is 0 Å². The molecule has 0 saturated heterocycles. The highest BCUT2D eigenvalue weighted by Crippen LogP contribution is 2.35. The van der Waals surface area contributed by atoms with Crippen LogP contribution in [0, 0.1) is 0 Å². The Balaban J connectivity index is 2.20. The normalized spacial score (nSPS) is 14.3. The predicted molar refractivity (Wildman–Crippen MR) is 102 cm³/mol. The molecule has 0 spiro atoms. The lowest BCUT2D eigenvalue weighted by atomic mass is 10.1. The molecule has 144 valence electrons. The third kappa shape index (κ3) is 5.69. The van der Waals surface area contributed by atoms with Crippen molar-refractivity contribution in [1.29, 1.82) is 0 Å². The van der Waals surface area contributed by atoms with Crippen LogP contribution in [-0.2, 0) is 6.18 Å². The zero-order valence-electron chi connectivity index (χ0n) is 13.8. The summed E-state index contributed by atoms with van der Waals surface area (Å²) in [6.45, 7) is 3.54. The molecular formula is C17H15BrClF3N4O. The number of amidine groups is 1. The van der Waals surface area contributed by atoms with E-state index in [1.165, 1.54) is 35.4 Å². The molecule has 0 aliphatic carbocycles. The Morgan fingerprint density at radius 2 is 2.19 bits per heavy atom. The van der Waals surface area contributed by atoms with Crippen molar-refractivity contribution in [1.82, 2.24) is 9.78 Å². The van der Waals surface area contributed by atoms with Crippen molar-refractivity contribution in [2.45, 2.75) is 18.7 Å². The van der Waals surface area contributed by atoms with Crippen LogP contribution in [0.3, 0.4) is 0 Å². The average Bonchev–Trinajstić information content (AvgIpc) is 3.09. The summed E-state index contributed by atoms with van der Waals surface area (Å²) in [5.41, 5.74) is 5.31. The van der Waals surface area contributed by atoms with Gasteiger partial charge in [0.15, 0.2) is 0 Å². The van der Waals surface area contributed by atoms with Gasteiger partial charge in [0.1, 0.15) is 5.84 Å². The summed E-state index contributed by atoms with van der Waals surface area (Å²) in [4.78, 5) is 3.96. The summed E-state index contributed by atoms with van der Waals surface area (Å²) in [5, 5.41) is 13.8. The molecule has 1 unspecified atom stereocenters. The van der Waals surface area contributed by atoms with E-state index in [4.69, 9.17) is 17.3 Å². The van der Waals surface area contributed by atoms with Gasteiger partial charge in [-0.25, -0.2) is 9.67 Å². The number of nitrogens with zero attached hydrogens (tertiary/aromatic N) is 3. The fourth-order valence-corrected chi connectivity index (χ4v) is 2.42. The molecular weight excluding hydrogens is 449 g/mol. The molecule has 10 heteroatoms. The van der Waals surface area contributed by atoms with E-state index in [1.54, 1.807) is 0 Å². The highest BCUT2D eigenvalue weighted by Gasteiger charge is 2.33. The van der Waals surface area contributed by atoms with Gasteiger partial charge in [0.05, 0.1) is 28.6 Å². The van der Waals surface area contributed by atoms with E-state index in [-0.39, 0.29) is 17.9 Å². The monoisotopic (exact) mass is 462 g/mol. The number of aliphatic hydroxyl groups is 1. The van der Waals surface area contributed by atoms with Crippen LogP contribution < -0.4 is 5.73 Å². The lowest BCUT2D eigenvalue weighted by Gasteiger charge is -2.11. The van der Waals surface area contributed by atoms with E-state index in [2.05, 4.69) is 32.6 Å². The van der Waals surface area contributed by atoms with Crippen molar-refractivity contribution in [3.8, 4) is 5.69 Å². The first kappa shape index (κ1) is 21.2. The van der Waals surface area contributed by atoms with E-state index < -0.39 is 22.9 Å². The van der Waals surface area contributed by atoms with E-state index in [1.807, 2.05) is 0 Å². The summed E-state index contributed by atoms with van der Waals surface area (Å²) < 4.78 is 40.8. The number of nitrogens with two attached hydrogens (primary N) is 1. The number of hydrogen-bond acceptors (Lipinski definition) is 3. The van der Waals surface area contributed by atoms with E-state index in [0.717, 1.165) is 12.1 Å². The van der Waals surface area contributed by atoms with Crippen LogP contribution in [0.1, 0.15) is 23.7 Å². The second kappa shape index (κ2) is 8.73. The van der Waals surface area contributed by atoms with Gasteiger partial charge in [0, 0.05) is 28.9 Å². The van der Waals surface area contributed by atoms with Crippen LogP contribution in [0.2, 0.25) is 5.02 Å². The molecule has 0 radical (unpaired) electrons. The Kier molecular flexibility index (Phi) is 6.85. The summed E-state index contributed by atoms with van der Waals surface area (Å²) in [7, 11) is 0. The zero-order valence-corrected chi connectivity index (χ0v) is 16.1. The summed E-state index contributed by atoms with van der Waals surface area (Å²) in [5.74, 6) is 0.167. The third-order valence-electron chi connectivity index (χ3n) is 3.46. The number of hydrogen-bond donors (Lipinski definition) is 2. The molecule has 2 aromatic rings. The molecule has 2 rings (SSSR count). The molecule has 0 bridgehead atoms. The summed E-state index contributed by atoms with van der Waals surface area (Å²) in [6, 6.07) is 3.43. The lowest BCUT2D eigenvalue weighted by Crippen LogP contribution is -2.15. The van der Waals surface area contributed by atoms with Crippen molar-refractivity contribution in [3.63, 3.8) is 0 Å². The number of halogens is 5. The van der Waals surface area contributed by atoms with Crippen molar-refractivity contribution in [2.75, 3.05) is 0 Å². The van der Waals surface area contributed by atoms with Crippen LogP contribution in [0.4, 0.5) is 13.2 Å². The topological polar surface area (TPSA) is 76.4 Å². The van der Waals surface area contributed by atoms with E-state index >= 15 is 0 Å². The molecule has 0 aliphatic heterocycles. The van der Waals surface area contributed by atoms with E-state index in [9.17, 15) is 18.3 Å². The number of rotatable bonds is 6. The molecule has 1 aromatic heterocycles. The Bertz CT molecular complexity index is 893. The molecule has 1 atom stereocenters. The maximum Gasteiger partial charge on any atom is 0.417 e. The molecule has 3 N–H and O–H groups in total. The molecule has 1 aromatic carbocycles.